The maximum absolute atomic E-state index is 12.5. The third-order valence-electron chi connectivity index (χ3n) is 4.98. The van der Waals surface area contributed by atoms with Crippen LogP contribution in [0.1, 0.15) is 33.1 Å². The first kappa shape index (κ1) is 16.4. The molecule has 0 radical (unpaired) electrons. The van der Waals surface area contributed by atoms with Crippen LogP contribution in [0.15, 0.2) is 0 Å². The lowest BCUT2D eigenvalue weighted by atomic mass is 9.79. The van der Waals surface area contributed by atoms with E-state index in [1.807, 2.05) is 13.8 Å². The van der Waals surface area contributed by atoms with E-state index >= 15 is 0 Å². The Labute approximate surface area is 137 Å². The molecular formula is C15H19NO6S. The summed E-state index contributed by atoms with van der Waals surface area (Å²) in [6, 6.07) is -0.701. The van der Waals surface area contributed by atoms with E-state index in [1.54, 1.807) is 0 Å². The van der Waals surface area contributed by atoms with Crippen molar-refractivity contribution >= 4 is 35.2 Å². The highest BCUT2D eigenvalue weighted by atomic mass is 32.2. The summed E-state index contributed by atoms with van der Waals surface area (Å²) in [4.78, 5) is 49.8. The van der Waals surface area contributed by atoms with E-state index in [-0.39, 0.29) is 18.6 Å². The largest absolute Gasteiger partial charge is 0.481 e. The monoisotopic (exact) mass is 341 g/mol. The number of thioether (sulfide) groups is 1. The molecular weight excluding hydrogens is 322 g/mol. The van der Waals surface area contributed by atoms with Gasteiger partial charge >= 0.3 is 5.97 Å². The summed E-state index contributed by atoms with van der Waals surface area (Å²) in [6.45, 7) is 3.62. The lowest BCUT2D eigenvalue weighted by molar-refractivity contribution is -0.168. The Morgan fingerprint density at radius 3 is 2.57 bits per heavy atom. The number of aliphatic carboxylic acids is 1. The molecule has 2 heterocycles. The topological polar surface area (TPSA) is 112 Å². The molecule has 7 nitrogen and oxygen atoms in total. The molecule has 2 saturated heterocycles. The number of fused-ring (bicyclic) bond motifs is 1. The Hall–Kier alpha value is -1.41. The van der Waals surface area contributed by atoms with Gasteiger partial charge in [0, 0.05) is 11.2 Å². The van der Waals surface area contributed by atoms with Crippen molar-refractivity contribution in [2.45, 2.75) is 55.4 Å². The van der Waals surface area contributed by atoms with E-state index in [9.17, 15) is 29.4 Å². The minimum atomic E-state index is -1.20. The zero-order valence-electron chi connectivity index (χ0n) is 12.9. The number of β-lactam (4-membered cyclic amide) rings is 1. The number of Topliss-reactive ketones (excluding diaryl/α,β-unsaturated/α-hetero) is 2. The molecule has 2 aliphatic heterocycles. The van der Waals surface area contributed by atoms with Crippen LogP contribution in [-0.2, 0) is 19.2 Å². The van der Waals surface area contributed by atoms with Gasteiger partial charge in [0.05, 0.1) is 6.04 Å². The molecule has 1 saturated carbocycles. The normalized spacial score (nSPS) is 39.7. The van der Waals surface area contributed by atoms with Gasteiger partial charge in [0.2, 0.25) is 5.91 Å². The van der Waals surface area contributed by atoms with Crippen molar-refractivity contribution in [3.63, 3.8) is 0 Å². The SMILES string of the molecule is CC1(C)S[C@@H]2[C@H](C(=O)O)C(=O)N2[C@H]1C1C(=O)CCCC(O)C1=O. The third-order valence-corrected chi connectivity index (χ3v) is 6.57. The zero-order valence-corrected chi connectivity index (χ0v) is 13.7. The molecule has 0 aromatic heterocycles. The molecule has 126 valence electrons. The Balaban J connectivity index is 1.97. The maximum Gasteiger partial charge on any atom is 0.319 e. The summed E-state index contributed by atoms with van der Waals surface area (Å²) in [5, 5.41) is 18.6. The number of carbonyl (C=O) groups is 4. The summed E-state index contributed by atoms with van der Waals surface area (Å²) in [6.07, 6.45) is -0.313. The van der Waals surface area contributed by atoms with Gasteiger partial charge in [-0.3, -0.25) is 19.2 Å². The van der Waals surface area contributed by atoms with Crippen LogP contribution in [0.2, 0.25) is 0 Å². The number of nitrogens with zero attached hydrogens (tertiary/aromatic N) is 1. The summed E-state index contributed by atoms with van der Waals surface area (Å²) < 4.78 is -0.634. The minimum absolute atomic E-state index is 0.194. The van der Waals surface area contributed by atoms with Crippen molar-refractivity contribution in [2.75, 3.05) is 0 Å². The van der Waals surface area contributed by atoms with E-state index in [1.165, 1.54) is 16.7 Å². The van der Waals surface area contributed by atoms with Gasteiger partial charge in [0.1, 0.15) is 23.2 Å². The molecule has 3 rings (SSSR count). The first-order valence-corrected chi connectivity index (χ1v) is 8.52. The predicted molar refractivity (Wildman–Crippen MR) is 80.6 cm³/mol. The van der Waals surface area contributed by atoms with Crippen LogP contribution in [0.3, 0.4) is 0 Å². The van der Waals surface area contributed by atoms with Crippen LogP contribution >= 0.6 is 11.8 Å². The molecule has 1 aliphatic carbocycles. The fourth-order valence-corrected chi connectivity index (χ4v) is 5.61. The standard InChI is InChI=1S/C15H19NO6S/c1-15(2)11(8-6(17)4-3-5-7(18)10(8)19)16-12(20)9(14(21)22)13(16)23-15/h7-9,11,13,18H,3-5H2,1-2H3,(H,21,22)/t7?,8?,9-,11+,13-/m1/s1. The molecule has 0 bridgehead atoms. The molecule has 2 N–H and O–H groups in total. The van der Waals surface area contributed by atoms with Crippen LogP contribution in [0.25, 0.3) is 0 Å². The van der Waals surface area contributed by atoms with Crippen molar-refractivity contribution < 1.29 is 29.4 Å². The van der Waals surface area contributed by atoms with E-state index in [0.29, 0.717) is 6.42 Å². The van der Waals surface area contributed by atoms with E-state index in [4.69, 9.17) is 0 Å². The number of carboxylic acid groups (broad SMARTS) is 1. The van der Waals surface area contributed by atoms with Gasteiger partial charge in [-0.1, -0.05) is 0 Å². The number of aliphatic hydroxyl groups excluding tert-OH is 1. The second kappa shape index (κ2) is 5.31. The molecule has 0 aromatic rings. The summed E-state index contributed by atoms with van der Waals surface area (Å²) in [7, 11) is 0. The second-order valence-electron chi connectivity index (χ2n) is 6.87. The average Bonchev–Trinajstić information content (AvgIpc) is 2.58. The summed E-state index contributed by atoms with van der Waals surface area (Å²) >= 11 is 1.31. The summed E-state index contributed by atoms with van der Waals surface area (Å²) in [5.41, 5.74) is 0. The number of hydrogen-bond donors (Lipinski definition) is 2. The van der Waals surface area contributed by atoms with Crippen molar-refractivity contribution in [2.24, 2.45) is 11.8 Å². The molecule has 8 heteroatoms. The zero-order chi connectivity index (χ0) is 17.1. The average molecular weight is 341 g/mol. The number of carbonyl (C=O) groups excluding carboxylic acids is 3. The quantitative estimate of drug-likeness (QED) is 0.414. The number of hydrogen-bond acceptors (Lipinski definition) is 6. The van der Waals surface area contributed by atoms with Crippen molar-refractivity contribution in [1.82, 2.24) is 4.90 Å². The lowest BCUT2D eigenvalue weighted by Crippen LogP contribution is -2.66. The fraction of sp³-hybridized carbons (Fsp3) is 0.733. The highest BCUT2D eigenvalue weighted by Crippen LogP contribution is 2.55. The number of ketones is 2. The number of amides is 1. The van der Waals surface area contributed by atoms with Gasteiger partial charge in [-0.15, -0.1) is 11.8 Å². The predicted octanol–water partition coefficient (Wildman–Crippen LogP) is 0.0487. The Morgan fingerprint density at radius 2 is 1.96 bits per heavy atom. The molecule has 0 aromatic carbocycles. The van der Waals surface area contributed by atoms with Crippen LogP contribution in [0.4, 0.5) is 0 Å². The molecule has 0 spiro atoms. The van der Waals surface area contributed by atoms with Crippen molar-refractivity contribution in [3.8, 4) is 0 Å². The van der Waals surface area contributed by atoms with Crippen LogP contribution in [0.5, 0.6) is 0 Å². The molecule has 5 atom stereocenters. The highest BCUT2D eigenvalue weighted by Gasteiger charge is 2.67. The highest BCUT2D eigenvalue weighted by molar-refractivity contribution is 8.01. The Bertz CT molecular complexity index is 603. The van der Waals surface area contributed by atoms with E-state index in [0.717, 1.165) is 0 Å². The van der Waals surface area contributed by atoms with Crippen LogP contribution in [-0.4, -0.2) is 60.8 Å². The number of rotatable bonds is 2. The van der Waals surface area contributed by atoms with Crippen molar-refractivity contribution in [3.05, 3.63) is 0 Å². The fourth-order valence-electron chi connectivity index (χ4n) is 3.88. The molecule has 23 heavy (non-hydrogen) atoms. The summed E-state index contributed by atoms with van der Waals surface area (Å²) in [5.74, 6) is -4.73. The van der Waals surface area contributed by atoms with Crippen LogP contribution < -0.4 is 0 Å². The van der Waals surface area contributed by atoms with Gasteiger partial charge in [-0.25, -0.2) is 0 Å². The second-order valence-corrected chi connectivity index (χ2v) is 8.64. The minimum Gasteiger partial charge on any atom is -0.481 e. The lowest BCUT2D eigenvalue weighted by Gasteiger charge is -2.44. The van der Waals surface area contributed by atoms with Gasteiger partial charge in [-0.05, 0) is 26.7 Å². The van der Waals surface area contributed by atoms with E-state index in [2.05, 4.69) is 0 Å². The molecule has 3 aliphatic rings. The molecule has 3 fully saturated rings. The molecule has 1 amide bonds. The third kappa shape index (κ3) is 2.30. The first-order valence-electron chi connectivity index (χ1n) is 7.64. The van der Waals surface area contributed by atoms with Crippen LogP contribution in [0, 0.1) is 11.8 Å². The Morgan fingerprint density at radius 1 is 1.30 bits per heavy atom. The van der Waals surface area contributed by atoms with Gasteiger partial charge < -0.3 is 15.1 Å². The smallest absolute Gasteiger partial charge is 0.319 e. The van der Waals surface area contributed by atoms with E-state index < -0.39 is 51.8 Å². The van der Waals surface area contributed by atoms with Gasteiger partial charge in [-0.2, -0.15) is 0 Å². The van der Waals surface area contributed by atoms with Gasteiger partial charge in [0.25, 0.3) is 0 Å². The van der Waals surface area contributed by atoms with Gasteiger partial charge in [0.15, 0.2) is 11.7 Å². The Kier molecular flexibility index (Phi) is 3.79. The van der Waals surface area contributed by atoms with Crippen molar-refractivity contribution in [1.29, 1.82) is 0 Å². The maximum atomic E-state index is 12.5. The first-order chi connectivity index (χ1) is 10.7. The number of carboxylic acids is 1. The molecule has 2 unspecified atom stereocenters. The number of aliphatic hydroxyl groups is 1.